The van der Waals surface area contributed by atoms with Crippen molar-refractivity contribution >= 4 is 34.6 Å². The minimum Gasteiger partial charge on any atom is -0.401 e. The second-order valence-electron chi connectivity index (χ2n) is 9.99. The van der Waals surface area contributed by atoms with E-state index in [4.69, 9.17) is 4.43 Å². The summed E-state index contributed by atoms with van der Waals surface area (Å²) in [7, 11) is -2.52. The van der Waals surface area contributed by atoms with Gasteiger partial charge in [0, 0.05) is 5.33 Å². The summed E-state index contributed by atoms with van der Waals surface area (Å²) < 4.78 is 7.41. The Labute approximate surface area is 186 Å². The smallest absolute Gasteiger partial charge is 0.261 e. The van der Waals surface area contributed by atoms with Crippen LogP contribution in [-0.2, 0) is 4.43 Å². The topological polar surface area (TPSA) is 9.23 Å². The highest BCUT2D eigenvalue weighted by atomic mass is 79.9. The molecule has 3 rings (SSSR count). The van der Waals surface area contributed by atoms with Crippen LogP contribution in [0.1, 0.15) is 54.4 Å². The van der Waals surface area contributed by atoms with Gasteiger partial charge in [0.05, 0.1) is 6.10 Å². The monoisotopic (exact) mass is 470 g/mol. The van der Waals surface area contributed by atoms with E-state index in [0.29, 0.717) is 0 Å². The third-order valence-corrected chi connectivity index (χ3v) is 12.3. The van der Waals surface area contributed by atoms with Gasteiger partial charge >= 0.3 is 0 Å². The first-order chi connectivity index (χ1) is 13.6. The van der Waals surface area contributed by atoms with E-state index < -0.39 is 8.32 Å². The van der Waals surface area contributed by atoms with E-state index in [2.05, 4.69) is 118 Å². The summed E-state index contributed by atoms with van der Waals surface area (Å²) in [6.07, 6.45) is 2.41. The molecular weight excluding hydrogens is 436 g/mol. The molecule has 0 heterocycles. The first kappa shape index (κ1) is 22.5. The standard InChI is InChI=1S/C26H35BrOSi/c1-20-23(19-27)26(5,6)18-17-24(20)28-29(25(2,3)4,21-13-9-7-10-14-21)22-15-11-8-12-16-22/h7-16,24H,17-19H2,1-6H3/t24-/m1/s1. The summed E-state index contributed by atoms with van der Waals surface area (Å²) in [5.74, 6) is 0. The van der Waals surface area contributed by atoms with Crippen molar-refractivity contribution in [3.63, 3.8) is 0 Å². The molecule has 2 aromatic rings. The van der Waals surface area contributed by atoms with Crippen molar-refractivity contribution in [1.82, 2.24) is 0 Å². The zero-order chi connectivity index (χ0) is 21.3. The van der Waals surface area contributed by atoms with E-state index in [0.717, 1.165) is 18.2 Å². The zero-order valence-corrected chi connectivity index (χ0v) is 21.3. The summed E-state index contributed by atoms with van der Waals surface area (Å²) >= 11 is 3.76. The minimum atomic E-state index is -2.52. The average molecular weight is 472 g/mol. The lowest BCUT2D eigenvalue weighted by molar-refractivity contribution is 0.172. The van der Waals surface area contributed by atoms with Crippen LogP contribution in [0.15, 0.2) is 71.8 Å². The van der Waals surface area contributed by atoms with Crippen molar-refractivity contribution in [2.45, 2.75) is 65.5 Å². The van der Waals surface area contributed by atoms with Crippen LogP contribution in [0.2, 0.25) is 5.04 Å². The van der Waals surface area contributed by atoms with Crippen LogP contribution in [0, 0.1) is 5.41 Å². The van der Waals surface area contributed by atoms with E-state index in [9.17, 15) is 0 Å². The molecule has 0 saturated heterocycles. The number of alkyl halides is 1. The molecule has 1 nitrogen and oxygen atoms in total. The second-order valence-corrected chi connectivity index (χ2v) is 14.8. The predicted octanol–water partition coefficient (Wildman–Crippen LogP) is 6.46. The Morgan fingerprint density at radius 2 is 1.45 bits per heavy atom. The van der Waals surface area contributed by atoms with E-state index >= 15 is 0 Å². The Morgan fingerprint density at radius 1 is 0.966 bits per heavy atom. The van der Waals surface area contributed by atoms with Crippen LogP contribution in [0.5, 0.6) is 0 Å². The normalized spacial score (nSPS) is 20.0. The fourth-order valence-corrected chi connectivity index (χ4v) is 10.9. The molecule has 0 aliphatic heterocycles. The molecule has 0 bridgehead atoms. The Bertz CT molecular complexity index is 810. The highest BCUT2D eigenvalue weighted by Crippen LogP contribution is 2.45. The molecule has 1 aliphatic carbocycles. The summed E-state index contributed by atoms with van der Waals surface area (Å²) in [4.78, 5) is 0. The van der Waals surface area contributed by atoms with Gasteiger partial charge in [0.2, 0.25) is 0 Å². The molecule has 0 unspecified atom stereocenters. The maximum atomic E-state index is 7.41. The Kier molecular flexibility index (Phi) is 6.62. The quantitative estimate of drug-likeness (QED) is 0.276. The van der Waals surface area contributed by atoms with Crippen LogP contribution in [-0.4, -0.2) is 19.8 Å². The number of allylic oxidation sites excluding steroid dienone is 1. The van der Waals surface area contributed by atoms with Gasteiger partial charge in [-0.1, -0.05) is 117 Å². The van der Waals surface area contributed by atoms with E-state index in [1.807, 2.05) is 0 Å². The number of halogens is 1. The lowest BCUT2D eigenvalue weighted by Crippen LogP contribution is -2.68. The summed E-state index contributed by atoms with van der Waals surface area (Å²) in [5, 5.41) is 3.65. The van der Waals surface area contributed by atoms with Crippen LogP contribution in [0.3, 0.4) is 0 Å². The average Bonchev–Trinajstić information content (AvgIpc) is 2.68. The molecule has 1 aliphatic rings. The third-order valence-electron chi connectivity index (χ3n) is 6.68. The molecule has 0 radical (unpaired) electrons. The highest BCUT2D eigenvalue weighted by molar-refractivity contribution is 9.09. The van der Waals surface area contributed by atoms with Gasteiger partial charge in [-0.05, 0) is 46.2 Å². The van der Waals surface area contributed by atoms with Crippen molar-refractivity contribution in [2.75, 3.05) is 5.33 Å². The van der Waals surface area contributed by atoms with Gasteiger partial charge in [-0.3, -0.25) is 0 Å². The maximum Gasteiger partial charge on any atom is 0.261 e. The molecule has 156 valence electrons. The number of rotatable bonds is 5. The number of benzene rings is 2. The van der Waals surface area contributed by atoms with Gasteiger partial charge in [0.1, 0.15) is 0 Å². The lowest BCUT2D eigenvalue weighted by atomic mass is 9.72. The second kappa shape index (κ2) is 8.53. The highest BCUT2D eigenvalue weighted by Gasteiger charge is 2.52. The lowest BCUT2D eigenvalue weighted by Gasteiger charge is -2.47. The van der Waals surface area contributed by atoms with Crippen molar-refractivity contribution in [3.8, 4) is 0 Å². The molecule has 1 atom stereocenters. The summed E-state index contributed by atoms with van der Waals surface area (Å²) in [5.41, 5.74) is 3.16. The van der Waals surface area contributed by atoms with Gasteiger partial charge in [-0.25, -0.2) is 0 Å². The Balaban J connectivity index is 2.20. The fraction of sp³-hybridized carbons (Fsp3) is 0.462. The number of hydrogen-bond donors (Lipinski definition) is 0. The molecule has 3 heteroatoms. The third kappa shape index (κ3) is 4.19. The van der Waals surface area contributed by atoms with Gasteiger partial charge < -0.3 is 4.43 Å². The largest absolute Gasteiger partial charge is 0.401 e. The maximum absolute atomic E-state index is 7.41. The first-order valence-electron chi connectivity index (χ1n) is 10.7. The predicted molar refractivity (Wildman–Crippen MR) is 132 cm³/mol. The fourth-order valence-electron chi connectivity index (χ4n) is 4.93. The van der Waals surface area contributed by atoms with Gasteiger partial charge in [-0.2, -0.15) is 0 Å². The molecule has 0 spiro atoms. The van der Waals surface area contributed by atoms with Crippen molar-refractivity contribution in [2.24, 2.45) is 5.41 Å². The number of hydrogen-bond acceptors (Lipinski definition) is 1. The van der Waals surface area contributed by atoms with Crippen molar-refractivity contribution in [1.29, 1.82) is 0 Å². The molecule has 0 aromatic heterocycles. The van der Waals surface area contributed by atoms with E-state index in [-0.39, 0.29) is 16.6 Å². The van der Waals surface area contributed by atoms with E-state index in [1.165, 1.54) is 21.5 Å². The summed E-state index contributed by atoms with van der Waals surface area (Å²) in [6.45, 7) is 14.1. The molecule has 2 aromatic carbocycles. The van der Waals surface area contributed by atoms with Crippen LogP contribution in [0.4, 0.5) is 0 Å². The Hall–Kier alpha value is -1.16. The summed E-state index contributed by atoms with van der Waals surface area (Å²) in [6, 6.07) is 22.0. The van der Waals surface area contributed by atoms with Crippen LogP contribution in [0.25, 0.3) is 0 Å². The van der Waals surface area contributed by atoms with Crippen molar-refractivity contribution < 1.29 is 4.43 Å². The van der Waals surface area contributed by atoms with Gasteiger partial charge in [0.15, 0.2) is 0 Å². The van der Waals surface area contributed by atoms with Crippen LogP contribution >= 0.6 is 15.9 Å². The Morgan fingerprint density at radius 3 is 1.86 bits per heavy atom. The SMILES string of the molecule is CC1=C(CBr)C(C)(C)CC[C@H]1O[Si](c1ccccc1)(c1ccccc1)C(C)(C)C. The molecular formula is C26H35BrOSi. The molecule has 0 saturated carbocycles. The molecule has 0 amide bonds. The molecule has 0 N–H and O–H groups in total. The first-order valence-corrected chi connectivity index (χ1v) is 13.7. The van der Waals surface area contributed by atoms with E-state index in [1.54, 1.807) is 0 Å². The molecule has 0 fully saturated rings. The zero-order valence-electron chi connectivity index (χ0n) is 18.8. The minimum absolute atomic E-state index is 0.0114. The van der Waals surface area contributed by atoms with Crippen molar-refractivity contribution in [3.05, 3.63) is 71.8 Å². The van der Waals surface area contributed by atoms with Gasteiger partial charge in [-0.15, -0.1) is 0 Å². The van der Waals surface area contributed by atoms with Crippen LogP contribution < -0.4 is 10.4 Å². The molecule has 29 heavy (non-hydrogen) atoms. The van der Waals surface area contributed by atoms with Gasteiger partial charge in [0.25, 0.3) is 8.32 Å².